The van der Waals surface area contributed by atoms with Crippen LogP contribution in [0.25, 0.3) is 6.08 Å². The van der Waals surface area contributed by atoms with Crippen molar-refractivity contribution in [2.45, 2.75) is 6.92 Å². The number of allylic oxidation sites excluding steroid dienone is 2. The van der Waals surface area contributed by atoms with Crippen LogP contribution in [0.2, 0.25) is 0 Å². The summed E-state index contributed by atoms with van der Waals surface area (Å²) in [7, 11) is 0. The Morgan fingerprint density at radius 2 is 2.06 bits per heavy atom. The minimum atomic E-state index is -0.455. The fourth-order valence-electron chi connectivity index (χ4n) is 1.53. The molecule has 4 heteroatoms. The number of nitrogens with two attached hydrogens (primary N) is 1. The Balaban J connectivity index is 2.18. The minimum absolute atomic E-state index is 0.267. The number of benzene rings is 1. The van der Waals surface area contributed by atoms with E-state index in [4.69, 9.17) is 15.2 Å². The van der Waals surface area contributed by atoms with Crippen molar-refractivity contribution in [3.8, 4) is 11.5 Å². The highest BCUT2D eigenvalue weighted by Crippen LogP contribution is 2.33. The number of hydrogen-bond donors (Lipinski definition) is 1. The van der Waals surface area contributed by atoms with Crippen molar-refractivity contribution in [3.63, 3.8) is 0 Å². The van der Waals surface area contributed by atoms with Gasteiger partial charge in [0.2, 0.25) is 12.7 Å². The fourth-order valence-corrected chi connectivity index (χ4v) is 1.53. The maximum atomic E-state index is 10.6. The van der Waals surface area contributed by atoms with Crippen LogP contribution in [0.4, 0.5) is 0 Å². The lowest BCUT2D eigenvalue weighted by Gasteiger charge is -1.98. The largest absolute Gasteiger partial charge is 0.454 e. The molecule has 0 radical (unpaired) electrons. The van der Waals surface area contributed by atoms with Crippen molar-refractivity contribution < 1.29 is 14.3 Å². The van der Waals surface area contributed by atoms with Gasteiger partial charge in [-0.2, -0.15) is 0 Å². The zero-order valence-electron chi connectivity index (χ0n) is 9.47. The smallest absolute Gasteiger partial charge is 0.241 e. The van der Waals surface area contributed by atoms with E-state index in [9.17, 15) is 4.79 Å². The Labute approximate surface area is 99.3 Å². The Morgan fingerprint density at radius 1 is 1.29 bits per heavy atom. The zero-order valence-corrected chi connectivity index (χ0v) is 9.47. The summed E-state index contributed by atoms with van der Waals surface area (Å²) in [4.78, 5) is 10.6. The first-order valence-electron chi connectivity index (χ1n) is 5.20. The van der Waals surface area contributed by atoms with Gasteiger partial charge in [0.15, 0.2) is 11.5 Å². The molecule has 88 valence electrons. The molecule has 1 aromatic rings. The fraction of sp³-hybridized carbons (Fsp3) is 0.154. The highest BCUT2D eigenvalue weighted by atomic mass is 16.7. The van der Waals surface area contributed by atoms with E-state index in [2.05, 4.69) is 0 Å². The second-order valence-electron chi connectivity index (χ2n) is 3.74. The lowest BCUT2D eigenvalue weighted by Crippen LogP contribution is -2.05. The third-order valence-corrected chi connectivity index (χ3v) is 2.30. The van der Waals surface area contributed by atoms with Crippen LogP contribution in [0.15, 0.2) is 35.9 Å². The lowest BCUT2D eigenvalue weighted by molar-refractivity contribution is -0.113. The van der Waals surface area contributed by atoms with Gasteiger partial charge in [0.25, 0.3) is 0 Å². The van der Waals surface area contributed by atoms with Gasteiger partial charge in [0.05, 0.1) is 0 Å². The van der Waals surface area contributed by atoms with E-state index in [0.717, 1.165) is 22.6 Å². The van der Waals surface area contributed by atoms with Crippen molar-refractivity contribution in [1.29, 1.82) is 0 Å². The van der Waals surface area contributed by atoms with Gasteiger partial charge in [-0.3, -0.25) is 4.79 Å². The van der Waals surface area contributed by atoms with Gasteiger partial charge in [-0.25, -0.2) is 0 Å². The quantitative estimate of drug-likeness (QED) is 0.638. The molecule has 1 aliphatic heterocycles. The van der Waals surface area contributed by atoms with E-state index in [1.807, 2.05) is 31.2 Å². The number of ether oxygens (including phenoxy) is 2. The monoisotopic (exact) mass is 231 g/mol. The molecule has 0 unspecified atom stereocenters. The average molecular weight is 231 g/mol. The van der Waals surface area contributed by atoms with Crippen molar-refractivity contribution in [1.82, 2.24) is 0 Å². The molecule has 1 aromatic carbocycles. The summed E-state index contributed by atoms with van der Waals surface area (Å²) in [6.07, 6.45) is 4.94. The Bertz CT molecular complexity index is 503. The van der Waals surface area contributed by atoms with E-state index in [1.54, 1.807) is 6.08 Å². The second-order valence-corrected chi connectivity index (χ2v) is 3.74. The number of carbonyl (C=O) groups is 1. The molecule has 0 bridgehead atoms. The third kappa shape index (κ3) is 2.87. The predicted molar refractivity (Wildman–Crippen MR) is 64.6 cm³/mol. The molecule has 1 aliphatic rings. The van der Waals surface area contributed by atoms with Crippen LogP contribution in [-0.2, 0) is 4.79 Å². The Kier molecular flexibility index (Phi) is 3.14. The number of primary amides is 1. The number of amides is 1. The van der Waals surface area contributed by atoms with E-state index in [-0.39, 0.29) is 6.79 Å². The molecule has 0 aliphatic carbocycles. The van der Waals surface area contributed by atoms with Crippen molar-refractivity contribution in [2.24, 2.45) is 5.73 Å². The van der Waals surface area contributed by atoms with Gasteiger partial charge in [-0.05, 0) is 24.6 Å². The van der Waals surface area contributed by atoms with Crippen molar-refractivity contribution >= 4 is 12.0 Å². The standard InChI is InChI=1S/C13H13NO3/c1-9(2-5-13(14)15)6-10-3-4-11-12(7-10)17-8-16-11/h2-7H,8H2,1H3,(H2,14,15). The van der Waals surface area contributed by atoms with Crippen LogP contribution in [0.5, 0.6) is 11.5 Å². The lowest BCUT2D eigenvalue weighted by atomic mass is 10.1. The SMILES string of the molecule is CC(C=CC(N)=O)=Cc1ccc2c(c1)OCO2. The van der Waals surface area contributed by atoms with Crippen LogP contribution < -0.4 is 15.2 Å². The molecular formula is C13H13NO3. The molecule has 4 nitrogen and oxygen atoms in total. The molecule has 0 aromatic heterocycles. The van der Waals surface area contributed by atoms with Crippen LogP contribution in [-0.4, -0.2) is 12.7 Å². The molecule has 0 atom stereocenters. The second kappa shape index (κ2) is 4.74. The molecule has 0 saturated carbocycles. The van der Waals surface area contributed by atoms with E-state index in [1.165, 1.54) is 6.08 Å². The maximum absolute atomic E-state index is 10.6. The van der Waals surface area contributed by atoms with E-state index in [0.29, 0.717) is 0 Å². The minimum Gasteiger partial charge on any atom is -0.454 e. The number of rotatable bonds is 3. The number of hydrogen-bond acceptors (Lipinski definition) is 3. The topological polar surface area (TPSA) is 61.6 Å². The average Bonchev–Trinajstić information content (AvgIpc) is 2.73. The van der Waals surface area contributed by atoms with Gasteiger partial charge in [-0.15, -0.1) is 0 Å². The Morgan fingerprint density at radius 3 is 2.82 bits per heavy atom. The zero-order chi connectivity index (χ0) is 12.3. The first kappa shape index (κ1) is 11.3. The molecule has 2 N–H and O–H groups in total. The van der Waals surface area contributed by atoms with Crippen LogP contribution in [0.1, 0.15) is 12.5 Å². The summed E-state index contributed by atoms with van der Waals surface area (Å²) in [5.41, 5.74) is 6.94. The van der Waals surface area contributed by atoms with Gasteiger partial charge in [0, 0.05) is 6.08 Å². The molecule has 0 fully saturated rings. The predicted octanol–water partition coefficient (Wildman–Crippen LogP) is 1.86. The van der Waals surface area contributed by atoms with E-state index < -0.39 is 5.91 Å². The highest BCUT2D eigenvalue weighted by molar-refractivity contribution is 5.86. The summed E-state index contributed by atoms with van der Waals surface area (Å²) in [5, 5.41) is 0. The van der Waals surface area contributed by atoms with E-state index >= 15 is 0 Å². The first-order chi connectivity index (χ1) is 8.15. The molecular weight excluding hydrogens is 218 g/mol. The summed E-state index contributed by atoms with van der Waals surface area (Å²) in [6, 6.07) is 5.68. The van der Waals surface area contributed by atoms with Gasteiger partial charge in [-0.1, -0.05) is 23.8 Å². The highest BCUT2D eigenvalue weighted by Gasteiger charge is 2.12. The van der Waals surface area contributed by atoms with Crippen molar-refractivity contribution in [3.05, 3.63) is 41.5 Å². The number of fused-ring (bicyclic) bond motifs is 1. The molecule has 2 rings (SSSR count). The summed E-state index contributed by atoms with van der Waals surface area (Å²) < 4.78 is 10.5. The van der Waals surface area contributed by atoms with Gasteiger partial charge in [0.1, 0.15) is 0 Å². The van der Waals surface area contributed by atoms with Crippen LogP contribution in [0.3, 0.4) is 0 Å². The maximum Gasteiger partial charge on any atom is 0.241 e. The molecule has 17 heavy (non-hydrogen) atoms. The summed E-state index contributed by atoms with van der Waals surface area (Å²) in [5.74, 6) is 1.04. The summed E-state index contributed by atoms with van der Waals surface area (Å²) in [6.45, 7) is 2.16. The third-order valence-electron chi connectivity index (χ3n) is 2.30. The first-order valence-corrected chi connectivity index (χ1v) is 5.20. The Hall–Kier alpha value is -2.23. The van der Waals surface area contributed by atoms with Gasteiger partial charge >= 0.3 is 0 Å². The molecule has 0 spiro atoms. The molecule has 1 heterocycles. The van der Waals surface area contributed by atoms with Crippen molar-refractivity contribution in [2.75, 3.05) is 6.79 Å². The van der Waals surface area contributed by atoms with Gasteiger partial charge < -0.3 is 15.2 Å². The normalized spacial score (nSPS) is 14.3. The molecule has 1 amide bonds. The summed E-state index contributed by atoms with van der Waals surface area (Å²) >= 11 is 0. The van der Waals surface area contributed by atoms with Crippen LogP contribution >= 0.6 is 0 Å². The molecule has 0 saturated heterocycles. The van der Waals surface area contributed by atoms with Crippen LogP contribution in [0, 0.1) is 0 Å². The number of carbonyl (C=O) groups excluding carboxylic acids is 1.